The maximum atomic E-state index is 11.7. The molecule has 2 aliphatic heterocycles. The van der Waals surface area contributed by atoms with Gasteiger partial charge in [-0.1, -0.05) is 42.5 Å². The van der Waals surface area contributed by atoms with Crippen molar-refractivity contribution in [3.05, 3.63) is 60.2 Å². The molecule has 1 amide bonds. The Bertz CT molecular complexity index is 1040. The fourth-order valence-corrected chi connectivity index (χ4v) is 4.69. The van der Waals surface area contributed by atoms with Crippen LogP contribution >= 0.6 is 0 Å². The van der Waals surface area contributed by atoms with E-state index < -0.39 is 0 Å². The molecule has 0 radical (unpaired) electrons. The molecule has 3 heterocycles. The SMILES string of the molecule is O=C1CCC2(CCCN(c3nc(NCc4ccccc4)c4ccccc4n3)C2)CN1. The van der Waals surface area contributed by atoms with Gasteiger partial charge in [0.05, 0.1) is 5.52 Å². The highest BCUT2D eigenvalue weighted by molar-refractivity contribution is 5.90. The zero-order valence-electron chi connectivity index (χ0n) is 17.1. The minimum absolute atomic E-state index is 0.138. The van der Waals surface area contributed by atoms with Crippen molar-refractivity contribution >= 4 is 28.6 Å². The quantitative estimate of drug-likeness (QED) is 0.697. The normalized spacial score (nSPS) is 21.6. The molecule has 2 saturated heterocycles. The predicted molar refractivity (Wildman–Crippen MR) is 119 cm³/mol. The number of nitrogens with one attached hydrogen (secondary N) is 2. The molecule has 1 atom stereocenters. The molecule has 0 bridgehead atoms. The molecular formula is C24H27N5O. The van der Waals surface area contributed by atoms with Gasteiger partial charge in [0.15, 0.2) is 0 Å². The molecule has 1 spiro atoms. The third-order valence-electron chi connectivity index (χ3n) is 6.38. The van der Waals surface area contributed by atoms with Crippen molar-refractivity contribution in [3.8, 4) is 0 Å². The largest absolute Gasteiger partial charge is 0.365 e. The first kappa shape index (κ1) is 18.9. The van der Waals surface area contributed by atoms with Gasteiger partial charge in [-0.3, -0.25) is 4.79 Å². The molecule has 154 valence electrons. The van der Waals surface area contributed by atoms with Crippen LogP contribution in [-0.4, -0.2) is 35.5 Å². The number of amides is 1. The standard InChI is InChI=1S/C24H27N5O/c30-21-11-13-24(16-26-21)12-6-14-29(17-24)23-27-20-10-5-4-9-19(20)22(28-23)25-15-18-7-2-1-3-8-18/h1-5,7-10H,6,11-17H2,(H,26,30)(H,25,27,28). The van der Waals surface area contributed by atoms with Gasteiger partial charge in [-0.25, -0.2) is 4.98 Å². The maximum absolute atomic E-state index is 11.7. The fraction of sp³-hybridized carbons (Fsp3) is 0.375. The molecule has 1 aromatic heterocycles. The van der Waals surface area contributed by atoms with Gasteiger partial charge in [0.2, 0.25) is 11.9 Å². The van der Waals surface area contributed by atoms with Crippen molar-refractivity contribution in [2.75, 3.05) is 29.9 Å². The number of hydrogen-bond donors (Lipinski definition) is 2. The number of fused-ring (bicyclic) bond motifs is 1. The Labute approximate surface area is 176 Å². The minimum atomic E-state index is 0.138. The number of aromatic nitrogens is 2. The average Bonchev–Trinajstić information content (AvgIpc) is 2.80. The molecular weight excluding hydrogens is 374 g/mol. The highest BCUT2D eigenvalue weighted by Crippen LogP contribution is 2.37. The smallest absolute Gasteiger partial charge is 0.227 e. The Kier molecular flexibility index (Phi) is 4.99. The summed E-state index contributed by atoms with van der Waals surface area (Å²) in [6.45, 7) is 3.32. The molecule has 30 heavy (non-hydrogen) atoms. The van der Waals surface area contributed by atoms with Gasteiger partial charge in [0.25, 0.3) is 0 Å². The first-order chi connectivity index (χ1) is 14.7. The van der Waals surface area contributed by atoms with E-state index in [1.54, 1.807) is 0 Å². The van der Waals surface area contributed by atoms with Crippen LogP contribution < -0.4 is 15.5 Å². The van der Waals surface area contributed by atoms with Gasteiger partial charge in [-0.05, 0) is 37.0 Å². The van der Waals surface area contributed by atoms with Gasteiger partial charge in [0, 0.05) is 43.4 Å². The van der Waals surface area contributed by atoms with E-state index in [4.69, 9.17) is 9.97 Å². The molecule has 5 rings (SSSR count). The summed E-state index contributed by atoms with van der Waals surface area (Å²) in [6.07, 6.45) is 3.81. The van der Waals surface area contributed by atoms with Crippen LogP contribution in [0.1, 0.15) is 31.2 Å². The Morgan fingerprint density at radius 3 is 2.70 bits per heavy atom. The number of rotatable bonds is 4. The predicted octanol–water partition coefficient (Wildman–Crippen LogP) is 3.74. The van der Waals surface area contributed by atoms with E-state index in [9.17, 15) is 4.79 Å². The number of nitrogens with zero attached hydrogens (tertiary/aromatic N) is 3. The Morgan fingerprint density at radius 2 is 1.87 bits per heavy atom. The first-order valence-corrected chi connectivity index (χ1v) is 10.8. The number of carbonyl (C=O) groups excluding carboxylic acids is 1. The van der Waals surface area contributed by atoms with E-state index in [2.05, 4.69) is 51.9 Å². The van der Waals surface area contributed by atoms with E-state index in [0.29, 0.717) is 6.42 Å². The first-order valence-electron chi connectivity index (χ1n) is 10.8. The summed E-state index contributed by atoms with van der Waals surface area (Å²) in [4.78, 5) is 23.8. The summed E-state index contributed by atoms with van der Waals surface area (Å²) >= 11 is 0. The molecule has 1 unspecified atom stereocenters. The lowest BCUT2D eigenvalue weighted by Crippen LogP contribution is -2.53. The lowest BCUT2D eigenvalue weighted by atomic mass is 9.74. The van der Waals surface area contributed by atoms with Crippen LogP contribution in [0.3, 0.4) is 0 Å². The minimum Gasteiger partial charge on any atom is -0.365 e. The van der Waals surface area contributed by atoms with Crippen LogP contribution in [0.25, 0.3) is 10.9 Å². The van der Waals surface area contributed by atoms with Crippen molar-refractivity contribution in [3.63, 3.8) is 0 Å². The summed E-state index contributed by atoms with van der Waals surface area (Å²) in [5.41, 5.74) is 2.31. The topological polar surface area (TPSA) is 70.2 Å². The van der Waals surface area contributed by atoms with Crippen molar-refractivity contribution in [1.29, 1.82) is 0 Å². The Morgan fingerprint density at radius 1 is 1.03 bits per heavy atom. The zero-order chi connectivity index (χ0) is 20.4. The Balaban J connectivity index is 1.43. The summed E-state index contributed by atoms with van der Waals surface area (Å²) in [6, 6.07) is 18.5. The molecule has 2 aliphatic rings. The molecule has 0 aliphatic carbocycles. The summed E-state index contributed by atoms with van der Waals surface area (Å²) < 4.78 is 0. The van der Waals surface area contributed by atoms with Crippen LogP contribution in [0.5, 0.6) is 0 Å². The molecule has 3 aromatic rings. The van der Waals surface area contributed by atoms with Crippen LogP contribution in [-0.2, 0) is 11.3 Å². The van der Waals surface area contributed by atoms with Crippen LogP contribution in [0.2, 0.25) is 0 Å². The van der Waals surface area contributed by atoms with Gasteiger partial charge in [-0.15, -0.1) is 0 Å². The second-order valence-electron chi connectivity index (χ2n) is 8.53. The van der Waals surface area contributed by atoms with Crippen molar-refractivity contribution in [2.45, 2.75) is 32.2 Å². The molecule has 2 fully saturated rings. The van der Waals surface area contributed by atoms with Crippen LogP contribution in [0.15, 0.2) is 54.6 Å². The van der Waals surface area contributed by atoms with Crippen molar-refractivity contribution in [1.82, 2.24) is 15.3 Å². The maximum Gasteiger partial charge on any atom is 0.227 e. The number of hydrogen-bond acceptors (Lipinski definition) is 5. The highest BCUT2D eigenvalue weighted by atomic mass is 16.1. The zero-order valence-corrected chi connectivity index (χ0v) is 17.1. The highest BCUT2D eigenvalue weighted by Gasteiger charge is 2.39. The number of piperidine rings is 2. The van der Waals surface area contributed by atoms with E-state index in [1.165, 1.54) is 5.56 Å². The fourth-order valence-electron chi connectivity index (χ4n) is 4.69. The second kappa shape index (κ2) is 7.94. The lowest BCUT2D eigenvalue weighted by Gasteiger charge is -2.45. The average molecular weight is 402 g/mol. The summed E-state index contributed by atoms with van der Waals surface area (Å²) in [5, 5.41) is 7.64. The van der Waals surface area contributed by atoms with Crippen LogP contribution in [0, 0.1) is 5.41 Å². The molecule has 0 saturated carbocycles. The molecule has 2 aromatic carbocycles. The van der Waals surface area contributed by atoms with Gasteiger partial charge in [0.1, 0.15) is 5.82 Å². The summed E-state index contributed by atoms with van der Waals surface area (Å²) in [7, 11) is 0. The van der Waals surface area contributed by atoms with Gasteiger partial charge >= 0.3 is 0 Å². The number of benzene rings is 2. The third-order valence-corrected chi connectivity index (χ3v) is 6.38. The number of anilines is 2. The second-order valence-corrected chi connectivity index (χ2v) is 8.53. The summed E-state index contributed by atoms with van der Waals surface area (Å²) in [5.74, 6) is 1.82. The molecule has 6 nitrogen and oxygen atoms in total. The number of para-hydroxylation sites is 1. The Hall–Kier alpha value is -3.15. The van der Waals surface area contributed by atoms with Crippen LogP contribution in [0.4, 0.5) is 11.8 Å². The van der Waals surface area contributed by atoms with Gasteiger partial charge < -0.3 is 15.5 Å². The molecule has 6 heteroatoms. The molecule has 2 N–H and O–H groups in total. The van der Waals surface area contributed by atoms with E-state index >= 15 is 0 Å². The van der Waals surface area contributed by atoms with E-state index in [1.807, 2.05) is 18.2 Å². The number of carbonyl (C=O) groups is 1. The monoisotopic (exact) mass is 401 g/mol. The van der Waals surface area contributed by atoms with Crippen molar-refractivity contribution < 1.29 is 4.79 Å². The van der Waals surface area contributed by atoms with Crippen molar-refractivity contribution in [2.24, 2.45) is 5.41 Å². The van der Waals surface area contributed by atoms with E-state index in [-0.39, 0.29) is 11.3 Å². The lowest BCUT2D eigenvalue weighted by molar-refractivity contribution is -0.124. The van der Waals surface area contributed by atoms with E-state index in [0.717, 1.165) is 68.1 Å². The van der Waals surface area contributed by atoms with Gasteiger partial charge in [-0.2, -0.15) is 4.98 Å². The third kappa shape index (κ3) is 3.82.